The molecule has 0 bridgehead atoms. The number of aromatic nitrogens is 3. The molecule has 0 saturated heterocycles. The molecule has 0 radical (unpaired) electrons. The van der Waals surface area contributed by atoms with Gasteiger partial charge in [-0.15, -0.1) is 0 Å². The first kappa shape index (κ1) is 17.7. The lowest BCUT2D eigenvalue weighted by molar-refractivity contribution is 0.446. The molecule has 5 heteroatoms. The first-order chi connectivity index (χ1) is 13.7. The lowest BCUT2D eigenvalue weighted by Crippen LogP contribution is -1.99. The summed E-state index contributed by atoms with van der Waals surface area (Å²) in [5, 5.41) is 21.8. The minimum Gasteiger partial charge on any atom is -0.507 e. The first-order valence-corrected chi connectivity index (χ1v) is 8.99. The van der Waals surface area contributed by atoms with Crippen LogP contribution in [0.15, 0.2) is 79.4 Å². The van der Waals surface area contributed by atoms with Crippen LogP contribution in [0.4, 0.5) is 0 Å². The SMILES string of the molecule is Oc1c(Cc2ccccc2)cc(Cc2ccccc2)c(O)c1-c1ncncn1. The van der Waals surface area contributed by atoms with E-state index in [0.717, 1.165) is 11.1 Å². The van der Waals surface area contributed by atoms with Crippen molar-refractivity contribution in [1.82, 2.24) is 15.0 Å². The monoisotopic (exact) mass is 369 g/mol. The number of hydrogen-bond acceptors (Lipinski definition) is 5. The van der Waals surface area contributed by atoms with Crippen LogP contribution in [0.3, 0.4) is 0 Å². The molecule has 0 spiro atoms. The molecule has 5 nitrogen and oxygen atoms in total. The number of hydrogen-bond donors (Lipinski definition) is 2. The molecule has 0 atom stereocenters. The van der Waals surface area contributed by atoms with Gasteiger partial charge in [0.1, 0.15) is 29.7 Å². The topological polar surface area (TPSA) is 79.1 Å². The predicted molar refractivity (Wildman–Crippen MR) is 107 cm³/mol. The Morgan fingerprint density at radius 2 is 1.11 bits per heavy atom. The molecule has 0 aliphatic rings. The second-order valence-electron chi connectivity index (χ2n) is 6.55. The van der Waals surface area contributed by atoms with Gasteiger partial charge in [0.2, 0.25) is 0 Å². The largest absolute Gasteiger partial charge is 0.507 e. The molecule has 2 N–H and O–H groups in total. The van der Waals surface area contributed by atoms with E-state index >= 15 is 0 Å². The average molecular weight is 369 g/mol. The van der Waals surface area contributed by atoms with Gasteiger partial charge in [-0.1, -0.05) is 60.7 Å². The minimum absolute atomic E-state index is 0.00985. The molecule has 28 heavy (non-hydrogen) atoms. The van der Waals surface area contributed by atoms with Crippen LogP contribution in [0.1, 0.15) is 22.3 Å². The van der Waals surface area contributed by atoms with Crippen molar-refractivity contribution in [2.75, 3.05) is 0 Å². The van der Waals surface area contributed by atoms with Crippen LogP contribution in [0, 0.1) is 0 Å². The molecule has 4 rings (SSSR count). The van der Waals surface area contributed by atoms with Gasteiger partial charge in [-0.2, -0.15) is 0 Å². The highest BCUT2D eigenvalue weighted by atomic mass is 16.3. The van der Waals surface area contributed by atoms with E-state index in [1.807, 2.05) is 66.7 Å². The molecule has 138 valence electrons. The summed E-state index contributed by atoms with van der Waals surface area (Å²) in [4.78, 5) is 12.1. The summed E-state index contributed by atoms with van der Waals surface area (Å²) in [5.41, 5.74) is 3.80. The van der Waals surface area contributed by atoms with Crippen LogP contribution >= 0.6 is 0 Å². The van der Waals surface area contributed by atoms with Crippen LogP contribution in [0.5, 0.6) is 11.5 Å². The summed E-state index contributed by atoms with van der Waals surface area (Å²) < 4.78 is 0. The number of nitrogens with zero attached hydrogens (tertiary/aromatic N) is 3. The van der Waals surface area contributed by atoms with Crippen molar-refractivity contribution in [2.24, 2.45) is 0 Å². The number of phenolic OH excluding ortho intramolecular Hbond substituents is 2. The highest BCUT2D eigenvalue weighted by Crippen LogP contribution is 2.42. The molecule has 4 aromatic rings. The van der Waals surface area contributed by atoms with E-state index in [1.54, 1.807) is 0 Å². The Hall–Kier alpha value is -3.73. The van der Waals surface area contributed by atoms with E-state index in [0.29, 0.717) is 24.0 Å². The zero-order valence-electron chi connectivity index (χ0n) is 15.2. The van der Waals surface area contributed by atoms with Gasteiger partial charge in [0.25, 0.3) is 0 Å². The fourth-order valence-electron chi connectivity index (χ4n) is 3.26. The molecule has 1 heterocycles. The van der Waals surface area contributed by atoms with Crippen molar-refractivity contribution < 1.29 is 10.2 Å². The molecule has 0 aliphatic heterocycles. The molecular weight excluding hydrogens is 350 g/mol. The Labute approximate surface area is 163 Å². The quantitative estimate of drug-likeness (QED) is 0.553. The maximum atomic E-state index is 10.9. The molecule has 0 unspecified atom stereocenters. The van der Waals surface area contributed by atoms with Crippen molar-refractivity contribution in [1.29, 1.82) is 0 Å². The lowest BCUT2D eigenvalue weighted by atomic mass is 9.94. The van der Waals surface area contributed by atoms with Gasteiger partial charge in [0.05, 0.1) is 0 Å². The third-order valence-corrected chi connectivity index (χ3v) is 4.62. The normalized spacial score (nSPS) is 10.7. The van der Waals surface area contributed by atoms with Gasteiger partial charge >= 0.3 is 0 Å². The molecule has 0 amide bonds. The van der Waals surface area contributed by atoms with Gasteiger partial charge < -0.3 is 10.2 Å². The Bertz CT molecular complexity index is 1000. The third kappa shape index (κ3) is 3.69. The van der Waals surface area contributed by atoms with Crippen molar-refractivity contribution >= 4 is 0 Å². The van der Waals surface area contributed by atoms with E-state index in [4.69, 9.17) is 0 Å². The fourth-order valence-corrected chi connectivity index (χ4v) is 3.26. The summed E-state index contributed by atoms with van der Waals surface area (Å²) in [6, 6.07) is 21.6. The molecule has 0 saturated carbocycles. The van der Waals surface area contributed by atoms with Gasteiger partial charge in [-0.05, 0) is 28.3 Å². The maximum Gasteiger partial charge on any atom is 0.170 e. The van der Waals surface area contributed by atoms with E-state index in [1.165, 1.54) is 12.7 Å². The van der Waals surface area contributed by atoms with E-state index in [-0.39, 0.29) is 22.9 Å². The molecule has 0 fully saturated rings. The highest BCUT2D eigenvalue weighted by molar-refractivity contribution is 5.75. The fraction of sp³-hybridized carbons (Fsp3) is 0.0870. The molecule has 3 aromatic carbocycles. The van der Waals surface area contributed by atoms with Crippen LogP contribution in [0.2, 0.25) is 0 Å². The third-order valence-electron chi connectivity index (χ3n) is 4.62. The standard InChI is InChI=1S/C23H19N3O2/c27-21-18(11-16-7-3-1-4-8-16)13-19(12-17-9-5-2-6-10-17)22(28)20(21)23-25-14-24-15-26-23/h1-10,13-15,27-28H,11-12H2. The first-order valence-electron chi connectivity index (χ1n) is 8.99. The lowest BCUT2D eigenvalue weighted by Gasteiger charge is -2.15. The van der Waals surface area contributed by atoms with Crippen LogP contribution in [0.25, 0.3) is 11.4 Å². The van der Waals surface area contributed by atoms with Crippen molar-refractivity contribution in [3.63, 3.8) is 0 Å². The minimum atomic E-state index is -0.00985. The summed E-state index contributed by atoms with van der Waals surface area (Å²) >= 11 is 0. The van der Waals surface area contributed by atoms with Gasteiger partial charge in [0, 0.05) is 12.8 Å². The van der Waals surface area contributed by atoms with Crippen molar-refractivity contribution in [2.45, 2.75) is 12.8 Å². The van der Waals surface area contributed by atoms with Crippen LogP contribution in [-0.2, 0) is 12.8 Å². The van der Waals surface area contributed by atoms with E-state index in [9.17, 15) is 10.2 Å². The summed E-state index contributed by atoms with van der Waals surface area (Å²) in [6.45, 7) is 0. The zero-order chi connectivity index (χ0) is 19.3. The van der Waals surface area contributed by atoms with Gasteiger partial charge in [-0.3, -0.25) is 0 Å². The van der Waals surface area contributed by atoms with E-state index in [2.05, 4.69) is 15.0 Å². The van der Waals surface area contributed by atoms with Gasteiger partial charge in [0.15, 0.2) is 5.82 Å². The Morgan fingerprint density at radius 3 is 1.57 bits per heavy atom. The number of rotatable bonds is 5. The zero-order valence-corrected chi connectivity index (χ0v) is 15.2. The van der Waals surface area contributed by atoms with Crippen molar-refractivity contribution in [3.05, 3.63) is 102 Å². The summed E-state index contributed by atoms with van der Waals surface area (Å²) in [5.74, 6) is 0.225. The maximum absolute atomic E-state index is 10.9. The summed E-state index contributed by atoms with van der Waals surface area (Å²) in [6.07, 6.45) is 3.77. The summed E-state index contributed by atoms with van der Waals surface area (Å²) in [7, 11) is 0. The van der Waals surface area contributed by atoms with Crippen molar-refractivity contribution in [3.8, 4) is 22.9 Å². The predicted octanol–water partition coefficient (Wildman–Crippen LogP) is 4.13. The molecule has 1 aromatic heterocycles. The second kappa shape index (κ2) is 7.88. The van der Waals surface area contributed by atoms with Gasteiger partial charge in [-0.25, -0.2) is 15.0 Å². The number of benzene rings is 3. The Morgan fingerprint density at radius 1 is 0.643 bits per heavy atom. The van der Waals surface area contributed by atoms with Crippen LogP contribution < -0.4 is 0 Å². The number of aromatic hydroxyl groups is 2. The Balaban J connectivity index is 1.84. The highest BCUT2D eigenvalue weighted by Gasteiger charge is 2.21. The second-order valence-corrected chi connectivity index (χ2v) is 6.55. The Kier molecular flexibility index (Phi) is 4.97. The molecular formula is C23H19N3O2. The van der Waals surface area contributed by atoms with Crippen LogP contribution in [-0.4, -0.2) is 25.2 Å². The molecule has 0 aliphatic carbocycles. The van der Waals surface area contributed by atoms with E-state index < -0.39 is 0 Å². The number of phenols is 2. The smallest absolute Gasteiger partial charge is 0.170 e. The average Bonchev–Trinajstić information content (AvgIpc) is 2.74.